The van der Waals surface area contributed by atoms with Crippen molar-refractivity contribution < 1.29 is 9.90 Å². The van der Waals surface area contributed by atoms with E-state index in [1.54, 1.807) is 10.9 Å². The molecule has 4 nitrogen and oxygen atoms in total. The van der Waals surface area contributed by atoms with E-state index in [2.05, 4.69) is 5.10 Å². The molecule has 1 aromatic heterocycles. The highest BCUT2D eigenvalue weighted by molar-refractivity contribution is 8.13. The van der Waals surface area contributed by atoms with Crippen LogP contribution in [0.2, 0.25) is 0 Å². The van der Waals surface area contributed by atoms with Crippen LogP contribution in [0.4, 0.5) is 0 Å². The molecule has 0 amide bonds. The average Bonchev–Trinajstić information content (AvgIpc) is 2.95. The molecule has 0 atom stereocenters. The summed E-state index contributed by atoms with van der Waals surface area (Å²) >= 11 is 1.21. The first kappa shape index (κ1) is 18.6. The lowest BCUT2D eigenvalue weighted by Crippen LogP contribution is -2.18. The number of phenols is 1. The summed E-state index contributed by atoms with van der Waals surface area (Å²) in [4.78, 5) is 12.6. The first-order chi connectivity index (χ1) is 11.0. The molecule has 1 aromatic carbocycles. The zero-order valence-corrected chi connectivity index (χ0v) is 16.1. The molecule has 130 valence electrons. The van der Waals surface area contributed by atoms with Gasteiger partial charge in [-0.25, -0.2) is 0 Å². The van der Waals surface area contributed by atoms with Gasteiger partial charge < -0.3 is 5.11 Å². The minimum Gasteiger partial charge on any atom is -0.507 e. The van der Waals surface area contributed by atoms with Crippen LogP contribution in [0, 0.1) is 0 Å². The van der Waals surface area contributed by atoms with E-state index in [1.807, 2.05) is 65.9 Å². The van der Waals surface area contributed by atoms with Gasteiger partial charge in [0.05, 0.1) is 5.88 Å². The van der Waals surface area contributed by atoms with E-state index in [1.165, 1.54) is 11.8 Å². The van der Waals surface area contributed by atoms with Gasteiger partial charge in [-0.15, -0.1) is 0 Å². The Bertz CT molecular complexity index is 688. The van der Waals surface area contributed by atoms with E-state index in [0.717, 1.165) is 11.1 Å². The van der Waals surface area contributed by atoms with Gasteiger partial charge in [0.1, 0.15) is 5.75 Å². The van der Waals surface area contributed by atoms with E-state index < -0.39 is 0 Å². The lowest BCUT2D eigenvalue weighted by atomic mass is 9.78. The lowest BCUT2D eigenvalue weighted by Gasteiger charge is -2.28. The molecule has 0 aliphatic carbocycles. The maximum atomic E-state index is 12.6. The van der Waals surface area contributed by atoms with Crippen molar-refractivity contribution in [1.29, 1.82) is 0 Å². The molecule has 2 rings (SSSR count). The Morgan fingerprint density at radius 1 is 1.12 bits per heavy atom. The third kappa shape index (κ3) is 4.20. The van der Waals surface area contributed by atoms with Crippen molar-refractivity contribution in [1.82, 2.24) is 9.78 Å². The number of benzene rings is 1. The van der Waals surface area contributed by atoms with Crippen molar-refractivity contribution in [3.63, 3.8) is 0 Å². The number of carbonyl (C=O) groups is 1. The molecular formula is C19H26N2O2S. The summed E-state index contributed by atoms with van der Waals surface area (Å²) in [7, 11) is 0. The molecule has 0 aliphatic heterocycles. The molecule has 0 aliphatic rings. The van der Waals surface area contributed by atoms with Gasteiger partial charge in [0.15, 0.2) is 0 Å². The predicted octanol–water partition coefficient (Wildman–Crippen LogP) is 4.71. The summed E-state index contributed by atoms with van der Waals surface area (Å²) in [6.45, 7) is 12.2. The van der Waals surface area contributed by atoms with Crippen LogP contribution in [0.15, 0.2) is 30.6 Å². The number of hydrogen-bond donors (Lipinski definition) is 1. The second-order valence-corrected chi connectivity index (χ2v) is 8.94. The van der Waals surface area contributed by atoms with Gasteiger partial charge >= 0.3 is 0 Å². The second kappa shape index (κ2) is 6.63. The molecule has 0 saturated heterocycles. The smallest absolute Gasteiger partial charge is 0.221 e. The molecule has 1 N–H and O–H groups in total. The quantitative estimate of drug-likeness (QED) is 0.874. The third-order valence-corrected chi connectivity index (χ3v) is 4.74. The first-order valence-corrected chi connectivity index (χ1v) is 9.01. The van der Waals surface area contributed by atoms with Crippen molar-refractivity contribution in [2.24, 2.45) is 0 Å². The van der Waals surface area contributed by atoms with E-state index in [9.17, 15) is 9.90 Å². The van der Waals surface area contributed by atoms with Gasteiger partial charge in [0.25, 0.3) is 0 Å². The molecule has 2 aromatic rings. The standard InChI is InChI=1S/C19H26N2O2S/c1-18(2,3)14-10-13(11-15(16(14)22)19(4,5)6)17(23)24-12-21-9-7-8-20-21/h7-11,22H,12H2,1-6H3. The predicted molar refractivity (Wildman–Crippen MR) is 99.7 cm³/mol. The molecule has 0 bridgehead atoms. The van der Waals surface area contributed by atoms with E-state index in [-0.39, 0.29) is 15.9 Å². The van der Waals surface area contributed by atoms with Crippen molar-refractivity contribution in [2.45, 2.75) is 58.2 Å². The first-order valence-electron chi connectivity index (χ1n) is 8.02. The molecule has 24 heavy (non-hydrogen) atoms. The molecule has 0 radical (unpaired) electrons. The Morgan fingerprint density at radius 3 is 2.08 bits per heavy atom. The Morgan fingerprint density at radius 2 is 1.67 bits per heavy atom. The van der Waals surface area contributed by atoms with Gasteiger partial charge in [-0.3, -0.25) is 9.48 Å². The number of phenolic OH excluding ortho intramolecular Hbond substituents is 1. The number of thioether (sulfide) groups is 1. The van der Waals surface area contributed by atoms with Crippen LogP contribution in [0.5, 0.6) is 5.75 Å². The molecule has 0 spiro atoms. The van der Waals surface area contributed by atoms with Crippen LogP contribution in [0.3, 0.4) is 0 Å². The number of nitrogens with zero attached hydrogens (tertiary/aromatic N) is 2. The molecule has 0 fully saturated rings. The zero-order valence-electron chi connectivity index (χ0n) is 15.3. The lowest BCUT2D eigenvalue weighted by molar-refractivity contribution is 0.108. The summed E-state index contributed by atoms with van der Waals surface area (Å²) in [5.41, 5.74) is 1.75. The third-order valence-electron chi connectivity index (χ3n) is 3.85. The minimum absolute atomic E-state index is 0.0125. The van der Waals surface area contributed by atoms with Gasteiger partial charge in [0, 0.05) is 29.1 Å². The van der Waals surface area contributed by atoms with Gasteiger partial charge in [-0.1, -0.05) is 53.3 Å². The normalized spacial score (nSPS) is 12.4. The molecule has 5 heteroatoms. The SMILES string of the molecule is CC(C)(C)c1cc(C(=O)SCn2cccn2)cc(C(C)(C)C)c1O. The number of aromatic nitrogens is 2. The van der Waals surface area contributed by atoms with Crippen LogP contribution in [-0.4, -0.2) is 20.0 Å². The summed E-state index contributed by atoms with van der Waals surface area (Å²) < 4.78 is 1.72. The minimum atomic E-state index is -0.243. The van der Waals surface area contributed by atoms with Gasteiger partial charge in [-0.05, 0) is 29.0 Å². The van der Waals surface area contributed by atoms with Gasteiger partial charge in [-0.2, -0.15) is 5.10 Å². The monoisotopic (exact) mass is 346 g/mol. The fraction of sp³-hybridized carbons (Fsp3) is 0.474. The van der Waals surface area contributed by atoms with Gasteiger partial charge in [0.2, 0.25) is 5.12 Å². The second-order valence-electron chi connectivity index (χ2n) is 8.03. The van der Waals surface area contributed by atoms with E-state index in [4.69, 9.17) is 0 Å². The van der Waals surface area contributed by atoms with Crippen molar-refractivity contribution in [3.8, 4) is 5.75 Å². The molecular weight excluding hydrogens is 320 g/mol. The number of aromatic hydroxyl groups is 1. The van der Waals surface area contributed by atoms with Crippen LogP contribution in [0.25, 0.3) is 0 Å². The van der Waals surface area contributed by atoms with Crippen LogP contribution >= 0.6 is 11.8 Å². The highest BCUT2D eigenvalue weighted by Gasteiger charge is 2.27. The van der Waals surface area contributed by atoms with Crippen molar-refractivity contribution in [3.05, 3.63) is 47.3 Å². The fourth-order valence-electron chi connectivity index (χ4n) is 2.48. The summed E-state index contributed by atoms with van der Waals surface area (Å²) in [6, 6.07) is 5.48. The number of rotatable bonds is 3. The fourth-order valence-corrected chi connectivity index (χ4v) is 3.17. The van der Waals surface area contributed by atoms with Crippen molar-refractivity contribution >= 4 is 16.9 Å². The van der Waals surface area contributed by atoms with E-state index in [0.29, 0.717) is 17.2 Å². The summed E-state index contributed by atoms with van der Waals surface area (Å²) in [5.74, 6) is 0.770. The average molecular weight is 346 g/mol. The van der Waals surface area contributed by atoms with Crippen LogP contribution in [-0.2, 0) is 16.7 Å². The number of carbonyl (C=O) groups excluding carboxylic acids is 1. The highest BCUT2D eigenvalue weighted by Crippen LogP contribution is 2.40. The number of hydrogen-bond acceptors (Lipinski definition) is 4. The Hall–Kier alpha value is -1.75. The zero-order chi connectivity index (χ0) is 18.1. The van der Waals surface area contributed by atoms with Crippen LogP contribution in [0.1, 0.15) is 63.0 Å². The molecule has 0 saturated carbocycles. The highest BCUT2D eigenvalue weighted by atomic mass is 32.2. The summed E-state index contributed by atoms with van der Waals surface area (Å²) in [5, 5.41) is 14.8. The van der Waals surface area contributed by atoms with E-state index >= 15 is 0 Å². The Balaban J connectivity index is 2.40. The maximum Gasteiger partial charge on any atom is 0.221 e. The van der Waals surface area contributed by atoms with Crippen molar-refractivity contribution in [2.75, 3.05) is 0 Å². The molecule has 0 unspecified atom stereocenters. The maximum absolute atomic E-state index is 12.6. The summed E-state index contributed by atoms with van der Waals surface area (Å²) in [6.07, 6.45) is 3.53. The Kier molecular flexibility index (Phi) is 5.14. The molecule has 1 heterocycles. The largest absolute Gasteiger partial charge is 0.507 e. The Labute approximate surface area is 148 Å². The topological polar surface area (TPSA) is 55.1 Å². The van der Waals surface area contributed by atoms with Crippen LogP contribution < -0.4 is 0 Å².